The van der Waals surface area contributed by atoms with E-state index >= 15 is 0 Å². The number of rotatable bonds is 5. The smallest absolute Gasteiger partial charge is 0.354 e. The fourth-order valence-electron chi connectivity index (χ4n) is 3.88. The van der Waals surface area contributed by atoms with Crippen molar-refractivity contribution >= 4 is 34.7 Å². The Hall–Kier alpha value is -4.01. The zero-order valence-corrected chi connectivity index (χ0v) is 17.2. The van der Waals surface area contributed by atoms with E-state index < -0.39 is 10.9 Å². The van der Waals surface area contributed by atoms with Crippen molar-refractivity contribution in [2.75, 3.05) is 30.5 Å². The third-order valence-corrected chi connectivity index (χ3v) is 5.32. The van der Waals surface area contributed by atoms with Gasteiger partial charge in [0.05, 0.1) is 23.3 Å². The summed E-state index contributed by atoms with van der Waals surface area (Å²) >= 11 is 0. The van der Waals surface area contributed by atoms with Crippen molar-refractivity contribution in [1.29, 1.82) is 0 Å². The highest BCUT2D eigenvalue weighted by Crippen LogP contribution is 2.42. The summed E-state index contributed by atoms with van der Waals surface area (Å²) in [6, 6.07) is 14.6. The van der Waals surface area contributed by atoms with Crippen LogP contribution in [0.3, 0.4) is 0 Å². The summed E-state index contributed by atoms with van der Waals surface area (Å²) in [6.45, 7) is 0.608. The quantitative estimate of drug-likeness (QED) is 0.347. The highest BCUT2D eigenvalue weighted by Gasteiger charge is 2.32. The number of nitro groups is 1. The molecule has 4 rings (SSSR count). The first-order chi connectivity index (χ1) is 15.0. The lowest BCUT2D eigenvalue weighted by atomic mass is 10.0. The first kappa shape index (κ1) is 20.3. The van der Waals surface area contributed by atoms with Gasteiger partial charge in [0, 0.05) is 19.3 Å². The summed E-state index contributed by atoms with van der Waals surface area (Å²) < 4.78 is 4.86. The standard InChI is InChI=1S/C22H21N5O4/c1-25(18-12-6-4-10-16(18)22(28)31-2)20-19(27(29)30)21(24-14-23-20)26-13-7-9-15-8-3-5-11-17(15)26/h3-6,8,10-12,14H,7,9,13H2,1-2H3. The van der Waals surface area contributed by atoms with E-state index in [0.717, 1.165) is 24.1 Å². The number of hydrogen-bond donors (Lipinski definition) is 0. The molecular formula is C22H21N5O4. The number of aryl methyl sites for hydroxylation is 1. The van der Waals surface area contributed by atoms with Crippen LogP contribution in [-0.4, -0.2) is 41.6 Å². The van der Waals surface area contributed by atoms with Crippen LogP contribution in [-0.2, 0) is 11.2 Å². The van der Waals surface area contributed by atoms with Gasteiger partial charge in [-0.2, -0.15) is 0 Å². The van der Waals surface area contributed by atoms with Crippen LogP contribution in [0.2, 0.25) is 0 Å². The first-order valence-corrected chi connectivity index (χ1v) is 9.78. The van der Waals surface area contributed by atoms with Gasteiger partial charge >= 0.3 is 11.7 Å². The summed E-state index contributed by atoms with van der Waals surface area (Å²) in [5.74, 6) is -0.219. The molecule has 2 aromatic carbocycles. The van der Waals surface area contributed by atoms with Crippen LogP contribution >= 0.6 is 0 Å². The molecule has 0 radical (unpaired) electrons. The van der Waals surface area contributed by atoms with Gasteiger partial charge in [0.15, 0.2) is 0 Å². The van der Waals surface area contributed by atoms with E-state index in [-0.39, 0.29) is 22.9 Å². The van der Waals surface area contributed by atoms with Gasteiger partial charge in [-0.25, -0.2) is 14.8 Å². The van der Waals surface area contributed by atoms with Gasteiger partial charge in [-0.3, -0.25) is 10.1 Å². The average Bonchev–Trinajstić information content (AvgIpc) is 2.82. The molecule has 9 heteroatoms. The number of fused-ring (bicyclic) bond motifs is 1. The van der Waals surface area contributed by atoms with Gasteiger partial charge in [0.1, 0.15) is 6.33 Å². The second kappa shape index (κ2) is 8.39. The molecule has 0 atom stereocenters. The van der Waals surface area contributed by atoms with Crippen molar-refractivity contribution in [2.24, 2.45) is 0 Å². The molecule has 1 aliphatic rings. The SMILES string of the molecule is COC(=O)c1ccccc1N(C)c1ncnc(N2CCCc3ccccc32)c1[N+](=O)[O-]. The molecule has 158 valence electrons. The van der Waals surface area contributed by atoms with E-state index in [2.05, 4.69) is 9.97 Å². The Morgan fingerprint density at radius 3 is 2.68 bits per heavy atom. The number of carbonyl (C=O) groups excluding carboxylic acids is 1. The van der Waals surface area contributed by atoms with Crippen LogP contribution in [0.1, 0.15) is 22.3 Å². The second-order valence-corrected chi connectivity index (χ2v) is 7.08. The Morgan fingerprint density at radius 2 is 1.90 bits per heavy atom. The third kappa shape index (κ3) is 3.65. The number of anilines is 4. The number of aromatic nitrogens is 2. The maximum atomic E-state index is 12.2. The summed E-state index contributed by atoms with van der Waals surface area (Å²) in [5.41, 5.74) is 2.53. The van der Waals surface area contributed by atoms with Gasteiger partial charge in [-0.15, -0.1) is 0 Å². The van der Waals surface area contributed by atoms with Crippen molar-refractivity contribution in [3.8, 4) is 0 Å². The van der Waals surface area contributed by atoms with Crippen LogP contribution in [0.25, 0.3) is 0 Å². The molecular weight excluding hydrogens is 398 g/mol. The number of hydrogen-bond acceptors (Lipinski definition) is 8. The summed E-state index contributed by atoms with van der Waals surface area (Å²) in [6.07, 6.45) is 3.07. The Labute approximate surface area is 179 Å². The monoisotopic (exact) mass is 419 g/mol. The zero-order chi connectivity index (χ0) is 22.0. The van der Waals surface area contributed by atoms with Crippen molar-refractivity contribution < 1.29 is 14.5 Å². The van der Waals surface area contributed by atoms with Gasteiger partial charge < -0.3 is 14.5 Å². The molecule has 31 heavy (non-hydrogen) atoms. The minimum Gasteiger partial charge on any atom is -0.465 e. The molecule has 0 fully saturated rings. The molecule has 0 unspecified atom stereocenters. The number of nitrogens with zero attached hydrogens (tertiary/aromatic N) is 5. The van der Waals surface area contributed by atoms with Gasteiger partial charge in [0.2, 0.25) is 11.6 Å². The summed E-state index contributed by atoms with van der Waals surface area (Å²) in [5, 5.41) is 12.2. The maximum absolute atomic E-state index is 12.2. The van der Waals surface area contributed by atoms with E-state index in [1.54, 1.807) is 31.3 Å². The maximum Gasteiger partial charge on any atom is 0.354 e. The van der Waals surface area contributed by atoms with Crippen molar-refractivity contribution in [1.82, 2.24) is 9.97 Å². The van der Waals surface area contributed by atoms with Crippen LogP contribution in [0.5, 0.6) is 0 Å². The molecule has 0 aliphatic carbocycles. The van der Waals surface area contributed by atoms with Gasteiger partial charge in [-0.05, 0) is 36.6 Å². The fraction of sp³-hybridized carbons (Fsp3) is 0.227. The normalized spacial score (nSPS) is 12.8. The number of ether oxygens (including phenoxy) is 1. The molecule has 2 heterocycles. The van der Waals surface area contributed by atoms with Crippen LogP contribution in [0, 0.1) is 10.1 Å². The summed E-state index contributed by atoms with van der Waals surface area (Å²) in [7, 11) is 2.92. The Bertz CT molecular complexity index is 1150. The van der Waals surface area contributed by atoms with E-state index in [4.69, 9.17) is 4.74 Å². The lowest BCUT2D eigenvalue weighted by molar-refractivity contribution is -0.383. The van der Waals surface area contributed by atoms with E-state index in [9.17, 15) is 14.9 Å². The molecule has 0 spiro atoms. The minimum absolute atomic E-state index is 0.0920. The average molecular weight is 419 g/mol. The van der Waals surface area contributed by atoms with E-state index in [1.807, 2.05) is 29.2 Å². The summed E-state index contributed by atoms with van der Waals surface area (Å²) in [4.78, 5) is 35.8. The predicted molar refractivity (Wildman–Crippen MR) is 116 cm³/mol. The van der Waals surface area contributed by atoms with Gasteiger partial charge in [-0.1, -0.05) is 30.3 Å². The van der Waals surface area contributed by atoms with Crippen molar-refractivity contribution in [3.63, 3.8) is 0 Å². The lowest BCUT2D eigenvalue weighted by Crippen LogP contribution is -2.27. The molecule has 0 saturated heterocycles. The number of methoxy groups -OCH3 is 1. The van der Waals surface area contributed by atoms with E-state index in [1.165, 1.54) is 18.3 Å². The Kier molecular flexibility index (Phi) is 5.48. The van der Waals surface area contributed by atoms with Crippen LogP contribution in [0.4, 0.5) is 28.7 Å². The Morgan fingerprint density at radius 1 is 1.16 bits per heavy atom. The van der Waals surface area contributed by atoms with Gasteiger partial charge in [0.25, 0.3) is 0 Å². The first-order valence-electron chi connectivity index (χ1n) is 9.78. The van der Waals surface area contributed by atoms with Crippen LogP contribution < -0.4 is 9.80 Å². The number of para-hydroxylation sites is 2. The lowest BCUT2D eigenvalue weighted by Gasteiger charge is -2.30. The second-order valence-electron chi connectivity index (χ2n) is 7.08. The number of esters is 1. The highest BCUT2D eigenvalue weighted by molar-refractivity contribution is 5.97. The molecule has 9 nitrogen and oxygen atoms in total. The van der Waals surface area contributed by atoms with E-state index in [0.29, 0.717) is 12.2 Å². The molecule has 0 N–H and O–H groups in total. The molecule has 0 bridgehead atoms. The molecule has 1 aliphatic heterocycles. The van der Waals surface area contributed by atoms with Crippen molar-refractivity contribution in [3.05, 3.63) is 76.1 Å². The molecule has 3 aromatic rings. The Balaban J connectivity index is 1.86. The minimum atomic E-state index is -0.538. The molecule has 0 amide bonds. The topological polar surface area (TPSA) is 102 Å². The fourth-order valence-corrected chi connectivity index (χ4v) is 3.88. The molecule has 1 aromatic heterocycles. The molecule has 0 saturated carbocycles. The van der Waals surface area contributed by atoms with Crippen LogP contribution in [0.15, 0.2) is 54.9 Å². The predicted octanol–water partition coefficient (Wildman–Crippen LogP) is 4.02. The number of benzene rings is 2. The largest absolute Gasteiger partial charge is 0.465 e. The zero-order valence-electron chi connectivity index (χ0n) is 17.2. The third-order valence-electron chi connectivity index (χ3n) is 5.32. The number of carbonyl (C=O) groups is 1. The van der Waals surface area contributed by atoms with Crippen molar-refractivity contribution in [2.45, 2.75) is 12.8 Å². The highest BCUT2D eigenvalue weighted by atomic mass is 16.6.